The molecule has 0 spiro atoms. The number of hydrogen-bond donors (Lipinski definition) is 0. The monoisotopic (exact) mass is 284 g/mol. The van der Waals surface area contributed by atoms with Crippen LogP contribution >= 0.6 is 0 Å². The van der Waals surface area contributed by atoms with Crippen molar-refractivity contribution in [1.82, 2.24) is 0 Å². The predicted octanol–water partition coefficient (Wildman–Crippen LogP) is 1.82. The van der Waals surface area contributed by atoms with Gasteiger partial charge in [-0.3, -0.25) is 4.79 Å². The van der Waals surface area contributed by atoms with Gasteiger partial charge >= 0.3 is 0 Å². The van der Waals surface area contributed by atoms with Crippen molar-refractivity contribution in [2.75, 3.05) is 42.6 Å². The van der Waals surface area contributed by atoms with Crippen LogP contribution < -0.4 is 9.80 Å². The van der Waals surface area contributed by atoms with E-state index in [4.69, 9.17) is 11.2 Å². The van der Waals surface area contributed by atoms with E-state index in [1.807, 2.05) is 6.07 Å². The van der Waals surface area contributed by atoms with Gasteiger partial charge in [-0.25, -0.2) is 0 Å². The Labute approximate surface area is 125 Å². The molecule has 0 N–H and O–H groups in total. The molecule has 0 aromatic heterocycles. The number of terminal acetylenes is 1. The number of nitrogens with zero attached hydrogens (tertiary/aromatic N) is 2. The maximum absolute atomic E-state index is 12.0. The fourth-order valence-corrected chi connectivity index (χ4v) is 3.04. The summed E-state index contributed by atoms with van der Waals surface area (Å²) in [4.78, 5) is 16.2. The van der Waals surface area contributed by atoms with E-state index in [1.54, 1.807) is 4.90 Å². The smallest absolute Gasteiger partial charge is 0.228 e. The van der Waals surface area contributed by atoms with Crippen LogP contribution in [0.2, 0.25) is 0 Å². The lowest BCUT2D eigenvalue weighted by atomic mass is 10.1. The highest BCUT2D eigenvalue weighted by Crippen LogP contribution is 2.30. The van der Waals surface area contributed by atoms with Gasteiger partial charge in [-0.2, -0.15) is 0 Å². The highest BCUT2D eigenvalue weighted by Gasteiger charge is 2.29. The summed E-state index contributed by atoms with van der Waals surface area (Å²) in [5.74, 6) is 2.85. The molecule has 2 fully saturated rings. The minimum atomic E-state index is 0.0386. The van der Waals surface area contributed by atoms with E-state index >= 15 is 0 Å². The van der Waals surface area contributed by atoms with E-state index in [-0.39, 0.29) is 11.8 Å². The maximum atomic E-state index is 12.0. The highest BCUT2D eigenvalue weighted by molar-refractivity contribution is 5.96. The van der Waals surface area contributed by atoms with Crippen LogP contribution in [0.25, 0.3) is 0 Å². The van der Waals surface area contributed by atoms with Crippen LogP contribution in [0.3, 0.4) is 0 Å². The molecule has 21 heavy (non-hydrogen) atoms. The van der Waals surface area contributed by atoms with Crippen molar-refractivity contribution in [3.05, 3.63) is 23.8 Å². The van der Waals surface area contributed by atoms with Crippen molar-refractivity contribution in [2.24, 2.45) is 5.92 Å². The van der Waals surface area contributed by atoms with Crippen LogP contribution in [-0.4, -0.2) is 38.8 Å². The Morgan fingerprint density at radius 2 is 2.10 bits per heavy atom. The zero-order valence-corrected chi connectivity index (χ0v) is 12.3. The molecular formula is C17H20N2O2. The third-order valence-corrected chi connectivity index (χ3v) is 4.20. The number of carbonyl (C=O) groups excluding carboxylic acids is 1. The first kappa shape index (κ1) is 14.0. The summed E-state index contributed by atoms with van der Waals surface area (Å²) >= 11 is 0. The predicted molar refractivity (Wildman–Crippen MR) is 83.5 cm³/mol. The van der Waals surface area contributed by atoms with Gasteiger partial charge in [0.1, 0.15) is 0 Å². The van der Waals surface area contributed by atoms with Crippen LogP contribution in [-0.2, 0) is 9.53 Å². The second kappa shape index (κ2) is 5.79. The second-order valence-electron chi connectivity index (χ2n) is 5.64. The van der Waals surface area contributed by atoms with Crippen molar-refractivity contribution >= 4 is 17.3 Å². The average molecular weight is 284 g/mol. The molecule has 2 heterocycles. The lowest BCUT2D eigenvalue weighted by molar-refractivity contribution is -0.117. The Morgan fingerprint density at radius 3 is 2.71 bits per heavy atom. The summed E-state index contributed by atoms with van der Waals surface area (Å²) in [5.41, 5.74) is 3.36. The lowest BCUT2D eigenvalue weighted by Gasteiger charge is -2.30. The van der Waals surface area contributed by atoms with Gasteiger partial charge in [0.15, 0.2) is 0 Å². The third kappa shape index (κ3) is 2.74. The normalized spacial score (nSPS) is 22.5. The molecule has 110 valence electrons. The maximum Gasteiger partial charge on any atom is 0.228 e. The number of ether oxygens (including phenoxy) is 1. The van der Waals surface area contributed by atoms with E-state index in [9.17, 15) is 4.79 Å². The minimum Gasteiger partial charge on any atom is -0.378 e. The Morgan fingerprint density at radius 1 is 1.33 bits per heavy atom. The van der Waals surface area contributed by atoms with Crippen molar-refractivity contribution < 1.29 is 9.53 Å². The quantitative estimate of drug-likeness (QED) is 0.777. The second-order valence-corrected chi connectivity index (χ2v) is 5.64. The van der Waals surface area contributed by atoms with Gasteiger partial charge < -0.3 is 14.5 Å². The van der Waals surface area contributed by atoms with Crippen molar-refractivity contribution in [3.8, 4) is 12.3 Å². The Kier molecular flexibility index (Phi) is 3.85. The largest absolute Gasteiger partial charge is 0.378 e. The molecule has 1 unspecified atom stereocenters. The third-order valence-electron chi connectivity index (χ3n) is 4.20. The molecule has 4 heteroatoms. The molecule has 1 atom stereocenters. The van der Waals surface area contributed by atoms with Crippen LogP contribution in [0.15, 0.2) is 18.2 Å². The number of rotatable bonds is 2. The zero-order chi connectivity index (χ0) is 14.8. The van der Waals surface area contributed by atoms with E-state index in [2.05, 4.69) is 29.9 Å². The van der Waals surface area contributed by atoms with Crippen molar-refractivity contribution in [1.29, 1.82) is 0 Å². The molecule has 0 aliphatic carbocycles. The minimum absolute atomic E-state index is 0.0386. The summed E-state index contributed by atoms with van der Waals surface area (Å²) in [6.45, 7) is 6.11. The Bertz CT molecular complexity index is 585. The van der Waals surface area contributed by atoms with Gasteiger partial charge in [-0.15, -0.1) is 12.3 Å². The van der Waals surface area contributed by atoms with Crippen LogP contribution in [0.4, 0.5) is 11.4 Å². The van der Waals surface area contributed by atoms with Crippen molar-refractivity contribution in [2.45, 2.75) is 13.3 Å². The number of aryl methyl sites for hydroxylation is 1. The fourth-order valence-electron chi connectivity index (χ4n) is 3.04. The first-order valence-electron chi connectivity index (χ1n) is 7.39. The molecule has 1 amide bonds. The zero-order valence-electron chi connectivity index (χ0n) is 12.3. The number of amides is 1. The Hall–Kier alpha value is -1.99. The number of carbonyl (C=O) groups is 1. The van der Waals surface area contributed by atoms with Gasteiger partial charge in [-0.1, -0.05) is 0 Å². The Balaban J connectivity index is 1.81. The number of morpholine rings is 1. The van der Waals surface area contributed by atoms with Crippen LogP contribution in [0, 0.1) is 25.2 Å². The number of hydrogen-bond acceptors (Lipinski definition) is 3. The molecule has 0 saturated carbocycles. The van der Waals surface area contributed by atoms with Crippen molar-refractivity contribution in [3.63, 3.8) is 0 Å². The molecule has 1 aromatic carbocycles. The molecule has 2 saturated heterocycles. The molecule has 0 radical (unpaired) electrons. The highest BCUT2D eigenvalue weighted by atomic mass is 16.5. The molecular weight excluding hydrogens is 264 g/mol. The number of anilines is 2. The molecule has 4 nitrogen and oxygen atoms in total. The van der Waals surface area contributed by atoms with Gasteiger partial charge in [0, 0.05) is 43.3 Å². The molecule has 3 rings (SSSR count). The van der Waals surface area contributed by atoms with Gasteiger partial charge in [0.2, 0.25) is 5.91 Å². The molecule has 0 bridgehead atoms. The van der Waals surface area contributed by atoms with Gasteiger partial charge in [0.25, 0.3) is 0 Å². The summed E-state index contributed by atoms with van der Waals surface area (Å²) in [6, 6.07) is 6.21. The molecule has 1 aromatic rings. The fraction of sp³-hybridized carbons (Fsp3) is 0.471. The van der Waals surface area contributed by atoms with E-state index in [0.29, 0.717) is 13.0 Å². The lowest BCUT2D eigenvalue weighted by Crippen LogP contribution is -2.36. The summed E-state index contributed by atoms with van der Waals surface area (Å²) in [5, 5.41) is 0. The molecule has 2 aliphatic rings. The van der Waals surface area contributed by atoms with E-state index in [1.165, 1.54) is 11.3 Å². The SMILES string of the molecule is C#CC1CC(=O)N(c2ccc(N3CCOCC3)c(C)c2)C1. The van der Waals surface area contributed by atoms with Crippen LogP contribution in [0.5, 0.6) is 0 Å². The first-order chi connectivity index (χ1) is 10.2. The van der Waals surface area contributed by atoms with Gasteiger partial charge in [-0.05, 0) is 30.7 Å². The van der Waals surface area contributed by atoms with Gasteiger partial charge in [0.05, 0.1) is 13.2 Å². The number of benzene rings is 1. The standard InChI is InChI=1S/C17H20N2O2/c1-3-14-11-17(20)19(12-14)15-4-5-16(13(2)10-15)18-6-8-21-9-7-18/h1,4-5,10,14H,6-9,11-12H2,2H3. The summed E-state index contributed by atoms with van der Waals surface area (Å²) < 4.78 is 5.39. The van der Waals surface area contributed by atoms with Crippen LogP contribution in [0.1, 0.15) is 12.0 Å². The van der Waals surface area contributed by atoms with E-state index in [0.717, 1.165) is 32.0 Å². The molecule has 2 aliphatic heterocycles. The average Bonchev–Trinajstić information content (AvgIpc) is 2.89. The first-order valence-corrected chi connectivity index (χ1v) is 7.39. The summed E-state index contributed by atoms with van der Waals surface area (Å²) in [7, 11) is 0. The topological polar surface area (TPSA) is 32.8 Å². The summed E-state index contributed by atoms with van der Waals surface area (Å²) in [6.07, 6.45) is 5.90. The van der Waals surface area contributed by atoms with E-state index < -0.39 is 0 Å².